The Balaban J connectivity index is 1.86. The van der Waals surface area contributed by atoms with Crippen LogP contribution in [-0.2, 0) is 0 Å². The Morgan fingerprint density at radius 2 is 2.05 bits per heavy atom. The van der Waals surface area contributed by atoms with Gasteiger partial charge >= 0.3 is 0 Å². The highest BCUT2D eigenvalue weighted by Gasteiger charge is 2.25. The third kappa shape index (κ3) is 2.32. The highest BCUT2D eigenvalue weighted by atomic mass is 16.6. The predicted octanol–water partition coefficient (Wildman–Crippen LogP) is 2.32. The summed E-state index contributed by atoms with van der Waals surface area (Å²) in [5.74, 6) is 2.11. The van der Waals surface area contributed by atoms with Gasteiger partial charge in [0.1, 0.15) is 6.61 Å². The number of nitrogens with two attached hydrogens (primary N) is 1. The summed E-state index contributed by atoms with van der Waals surface area (Å²) in [6.07, 6.45) is 1.48. The molecular weight excluding hydrogens is 254 g/mol. The molecule has 1 unspecified atom stereocenters. The smallest absolute Gasteiger partial charge is 0.192 e. The van der Waals surface area contributed by atoms with Crippen molar-refractivity contribution < 1.29 is 9.47 Å². The number of aryl methyl sites for hydroxylation is 1. The average molecular weight is 271 g/mol. The summed E-state index contributed by atoms with van der Waals surface area (Å²) in [5, 5.41) is 0. The normalized spacial score (nSPS) is 18.6. The van der Waals surface area contributed by atoms with E-state index in [-0.39, 0.29) is 12.1 Å². The van der Waals surface area contributed by atoms with Crippen molar-refractivity contribution in [1.82, 2.24) is 9.97 Å². The van der Waals surface area contributed by atoms with Crippen LogP contribution < -0.4 is 15.2 Å². The Kier molecular flexibility index (Phi) is 3.28. The first kappa shape index (κ1) is 12.9. The SMILES string of the molecule is Cc1nc(C2COc3ccccc3O2)ncc1[C@H](C)N. The Labute approximate surface area is 117 Å². The molecule has 1 aliphatic rings. The minimum absolute atomic E-state index is 0.0756. The van der Waals surface area contributed by atoms with Crippen molar-refractivity contribution in [3.8, 4) is 11.5 Å². The fourth-order valence-corrected chi connectivity index (χ4v) is 2.24. The van der Waals surface area contributed by atoms with Gasteiger partial charge in [-0.1, -0.05) is 12.1 Å². The van der Waals surface area contributed by atoms with E-state index in [1.807, 2.05) is 38.1 Å². The van der Waals surface area contributed by atoms with Gasteiger partial charge in [0.15, 0.2) is 23.4 Å². The lowest BCUT2D eigenvalue weighted by atomic mass is 10.1. The molecule has 0 saturated heterocycles. The quantitative estimate of drug-likeness (QED) is 0.907. The van der Waals surface area contributed by atoms with Crippen molar-refractivity contribution >= 4 is 0 Å². The van der Waals surface area contributed by atoms with Crippen molar-refractivity contribution in [1.29, 1.82) is 0 Å². The van der Waals surface area contributed by atoms with Gasteiger partial charge in [-0.3, -0.25) is 0 Å². The first-order valence-corrected chi connectivity index (χ1v) is 6.62. The number of fused-ring (bicyclic) bond motifs is 1. The van der Waals surface area contributed by atoms with Crippen molar-refractivity contribution in [2.24, 2.45) is 5.73 Å². The van der Waals surface area contributed by atoms with Gasteiger partial charge in [0.2, 0.25) is 0 Å². The van der Waals surface area contributed by atoms with Crippen LogP contribution in [0.4, 0.5) is 0 Å². The van der Waals surface area contributed by atoms with Crippen LogP contribution in [0, 0.1) is 6.92 Å². The zero-order valence-corrected chi connectivity index (χ0v) is 11.5. The summed E-state index contributed by atoms with van der Waals surface area (Å²) in [4.78, 5) is 8.86. The van der Waals surface area contributed by atoms with Crippen LogP contribution >= 0.6 is 0 Å². The van der Waals surface area contributed by atoms with Crippen LogP contribution in [0.1, 0.15) is 36.2 Å². The van der Waals surface area contributed by atoms with E-state index in [9.17, 15) is 0 Å². The van der Waals surface area contributed by atoms with Crippen molar-refractivity contribution in [2.45, 2.75) is 26.0 Å². The summed E-state index contributed by atoms with van der Waals surface area (Å²) in [5.41, 5.74) is 7.70. The summed E-state index contributed by atoms with van der Waals surface area (Å²) in [6.45, 7) is 4.26. The van der Waals surface area contributed by atoms with Crippen LogP contribution in [0.5, 0.6) is 11.5 Å². The second-order valence-corrected chi connectivity index (χ2v) is 4.92. The van der Waals surface area contributed by atoms with Crippen LogP contribution in [0.25, 0.3) is 0 Å². The highest BCUT2D eigenvalue weighted by Crippen LogP contribution is 2.35. The van der Waals surface area contributed by atoms with Crippen LogP contribution in [0.3, 0.4) is 0 Å². The maximum atomic E-state index is 5.89. The molecule has 2 heterocycles. The van der Waals surface area contributed by atoms with Crippen molar-refractivity contribution in [2.75, 3.05) is 6.61 Å². The second-order valence-electron chi connectivity index (χ2n) is 4.92. The molecule has 3 rings (SSSR count). The monoisotopic (exact) mass is 271 g/mol. The molecule has 0 saturated carbocycles. The maximum Gasteiger partial charge on any atom is 0.192 e. The van der Waals surface area contributed by atoms with Gasteiger partial charge in [-0.15, -0.1) is 0 Å². The number of hydrogen-bond donors (Lipinski definition) is 1. The number of aromatic nitrogens is 2. The average Bonchev–Trinajstić information content (AvgIpc) is 2.46. The summed E-state index contributed by atoms with van der Waals surface area (Å²) >= 11 is 0. The van der Waals surface area contributed by atoms with Gasteiger partial charge in [0, 0.05) is 23.5 Å². The molecule has 0 bridgehead atoms. The fourth-order valence-electron chi connectivity index (χ4n) is 2.24. The summed E-state index contributed by atoms with van der Waals surface area (Å²) in [7, 11) is 0. The molecule has 1 aromatic carbocycles. The molecule has 0 amide bonds. The number of hydrogen-bond acceptors (Lipinski definition) is 5. The third-order valence-electron chi connectivity index (χ3n) is 3.32. The summed E-state index contributed by atoms with van der Waals surface area (Å²) < 4.78 is 11.6. The largest absolute Gasteiger partial charge is 0.485 e. The molecule has 2 atom stereocenters. The van der Waals surface area contributed by atoms with E-state index in [4.69, 9.17) is 15.2 Å². The van der Waals surface area contributed by atoms with E-state index in [0.29, 0.717) is 12.4 Å². The Morgan fingerprint density at radius 1 is 1.30 bits per heavy atom. The molecule has 2 aromatic rings. The van der Waals surface area contributed by atoms with Gasteiger partial charge in [0.05, 0.1) is 0 Å². The second kappa shape index (κ2) is 5.09. The summed E-state index contributed by atoms with van der Waals surface area (Å²) in [6, 6.07) is 7.52. The van der Waals surface area contributed by atoms with Gasteiger partial charge in [0.25, 0.3) is 0 Å². The molecule has 1 aromatic heterocycles. The van der Waals surface area contributed by atoms with Crippen molar-refractivity contribution in [3.05, 3.63) is 47.5 Å². The first-order valence-electron chi connectivity index (χ1n) is 6.62. The Morgan fingerprint density at radius 3 is 2.75 bits per heavy atom. The lowest BCUT2D eigenvalue weighted by Gasteiger charge is -2.25. The van der Waals surface area contributed by atoms with E-state index < -0.39 is 0 Å². The Bertz CT molecular complexity index is 628. The fraction of sp³-hybridized carbons (Fsp3) is 0.333. The van der Waals surface area contributed by atoms with E-state index in [2.05, 4.69) is 9.97 Å². The van der Waals surface area contributed by atoms with Gasteiger partial charge < -0.3 is 15.2 Å². The predicted molar refractivity (Wildman–Crippen MR) is 74.7 cm³/mol. The molecule has 5 nitrogen and oxygen atoms in total. The number of nitrogens with zero attached hydrogens (tertiary/aromatic N) is 2. The molecule has 0 spiro atoms. The molecule has 104 valence electrons. The van der Waals surface area contributed by atoms with Crippen LogP contribution in [0.15, 0.2) is 30.5 Å². The minimum atomic E-state index is -0.286. The van der Waals surface area contributed by atoms with Gasteiger partial charge in [-0.2, -0.15) is 0 Å². The van der Waals surface area contributed by atoms with Crippen LogP contribution in [0.2, 0.25) is 0 Å². The molecule has 0 fully saturated rings. The zero-order valence-electron chi connectivity index (χ0n) is 11.5. The standard InChI is InChI=1S/C15H17N3O2/c1-9(16)11-7-17-15(18-10(11)2)14-8-19-12-5-3-4-6-13(12)20-14/h3-7,9,14H,8,16H2,1-2H3/t9-,14?/m0/s1. The lowest BCUT2D eigenvalue weighted by Crippen LogP contribution is -2.24. The van der Waals surface area contributed by atoms with E-state index in [1.165, 1.54) is 0 Å². The number of rotatable bonds is 2. The molecule has 1 aliphatic heterocycles. The zero-order chi connectivity index (χ0) is 14.1. The number of benzene rings is 1. The topological polar surface area (TPSA) is 70.3 Å². The third-order valence-corrected chi connectivity index (χ3v) is 3.32. The van der Waals surface area contributed by atoms with Crippen LogP contribution in [-0.4, -0.2) is 16.6 Å². The molecule has 0 radical (unpaired) electrons. The molecule has 20 heavy (non-hydrogen) atoms. The first-order chi connectivity index (χ1) is 9.65. The molecular formula is C15H17N3O2. The van der Waals surface area contributed by atoms with E-state index >= 15 is 0 Å². The molecule has 2 N–H and O–H groups in total. The Hall–Kier alpha value is -2.14. The molecule has 0 aliphatic carbocycles. The maximum absolute atomic E-state index is 5.89. The highest BCUT2D eigenvalue weighted by molar-refractivity contribution is 5.41. The van der Waals surface area contributed by atoms with Gasteiger partial charge in [-0.25, -0.2) is 9.97 Å². The van der Waals surface area contributed by atoms with Gasteiger partial charge in [-0.05, 0) is 26.0 Å². The number of ether oxygens (including phenoxy) is 2. The minimum Gasteiger partial charge on any atom is -0.485 e. The van der Waals surface area contributed by atoms with Crippen molar-refractivity contribution in [3.63, 3.8) is 0 Å². The number of para-hydroxylation sites is 2. The lowest BCUT2D eigenvalue weighted by molar-refractivity contribution is 0.0848. The van der Waals surface area contributed by atoms with E-state index in [1.54, 1.807) is 6.20 Å². The molecule has 5 heteroatoms. The van der Waals surface area contributed by atoms with E-state index in [0.717, 1.165) is 22.8 Å².